The molecule has 0 amide bonds. The number of alkyl halides is 1. The van der Waals surface area contributed by atoms with Gasteiger partial charge in [-0.15, -0.1) is 0 Å². The van der Waals surface area contributed by atoms with Crippen LogP contribution in [0, 0.1) is 34.5 Å². The van der Waals surface area contributed by atoms with E-state index in [4.69, 9.17) is 11.6 Å². The standard InChI is InChI=1S/C19H27ClO3/c1-17-10-3-2-4-12(17)5-6-13-14(17)9-11-18(19(20,22)23)15(13)7-8-16(18)21/h7-8,12-15,22-23H,2-6,9-11H2,1H3/t12?,13-,14+,15+,17+,18-/m1/s1. The number of halogens is 1. The second-order valence-corrected chi connectivity index (χ2v) is 9.17. The second-order valence-electron chi connectivity index (χ2n) is 8.64. The van der Waals surface area contributed by atoms with Crippen molar-refractivity contribution < 1.29 is 15.0 Å². The maximum absolute atomic E-state index is 12.5. The maximum Gasteiger partial charge on any atom is 0.257 e. The summed E-state index contributed by atoms with van der Waals surface area (Å²) in [6.45, 7) is 2.45. The fourth-order valence-corrected chi connectivity index (χ4v) is 7.14. The summed E-state index contributed by atoms with van der Waals surface area (Å²) < 4.78 is 0. The number of rotatable bonds is 1. The molecule has 3 fully saturated rings. The lowest BCUT2D eigenvalue weighted by molar-refractivity contribution is -0.218. The van der Waals surface area contributed by atoms with Crippen molar-refractivity contribution in [3.8, 4) is 0 Å². The minimum atomic E-state index is -2.45. The van der Waals surface area contributed by atoms with Crippen LogP contribution in [0.3, 0.4) is 0 Å². The van der Waals surface area contributed by atoms with Crippen molar-refractivity contribution >= 4 is 17.4 Å². The van der Waals surface area contributed by atoms with Gasteiger partial charge < -0.3 is 10.2 Å². The number of ketones is 1. The van der Waals surface area contributed by atoms with Gasteiger partial charge in [0.2, 0.25) is 0 Å². The fraction of sp³-hybridized carbons (Fsp3) is 0.842. The molecule has 1 unspecified atom stereocenters. The van der Waals surface area contributed by atoms with E-state index in [0.717, 1.165) is 18.8 Å². The highest BCUT2D eigenvalue weighted by molar-refractivity contribution is 6.24. The van der Waals surface area contributed by atoms with E-state index >= 15 is 0 Å². The summed E-state index contributed by atoms with van der Waals surface area (Å²) in [5.41, 5.74) is -0.875. The molecular formula is C19H27ClO3. The van der Waals surface area contributed by atoms with E-state index in [-0.39, 0.29) is 11.7 Å². The Morgan fingerprint density at radius 1 is 1.17 bits per heavy atom. The molecule has 0 aromatic rings. The number of carbonyl (C=O) groups is 1. The van der Waals surface area contributed by atoms with Gasteiger partial charge in [0, 0.05) is 0 Å². The quantitative estimate of drug-likeness (QED) is 0.567. The Labute approximate surface area is 143 Å². The highest BCUT2D eigenvalue weighted by Crippen LogP contribution is 2.66. The van der Waals surface area contributed by atoms with E-state index in [1.54, 1.807) is 6.08 Å². The summed E-state index contributed by atoms with van der Waals surface area (Å²) in [5.74, 6) is 1.41. The molecule has 4 rings (SSSR count). The molecule has 4 aliphatic carbocycles. The zero-order valence-corrected chi connectivity index (χ0v) is 14.6. The topological polar surface area (TPSA) is 57.5 Å². The number of hydrogen-bond acceptors (Lipinski definition) is 3. The van der Waals surface area contributed by atoms with Crippen LogP contribution < -0.4 is 0 Å². The molecule has 3 nitrogen and oxygen atoms in total. The summed E-state index contributed by atoms with van der Waals surface area (Å²) in [6.07, 6.45) is 12.4. The molecular weight excluding hydrogens is 312 g/mol. The zero-order chi connectivity index (χ0) is 16.5. The first-order valence-electron chi connectivity index (χ1n) is 9.17. The van der Waals surface area contributed by atoms with Gasteiger partial charge in [-0.3, -0.25) is 4.79 Å². The van der Waals surface area contributed by atoms with E-state index in [2.05, 4.69) is 6.92 Å². The first kappa shape index (κ1) is 16.1. The SMILES string of the molecule is C[C@]12CCCCC1CC[C@@H]1[C@@H]2CC[C@]2(C(O)(O)Cl)C(=O)C=C[C@@H]12. The Morgan fingerprint density at radius 2 is 1.96 bits per heavy atom. The van der Waals surface area contributed by atoms with Gasteiger partial charge in [-0.1, -0.05) is 37.4 Å². The maximum atomic E-state index is 12.5. The van der Waals surface area contributed by atoms with Crippen molar-refractivity contribution in [3.63, 3.8) is 0 Å². The smallest absolute Gasteiger partial charge is 0.257 e. The van der Waals surface area contributed by atoms with Crippen LogP contribution in [0.15, 0.2) is 12.2 Å². The molecule has 0 saturated heterocycles. The molecule has 2 N–H and O–H groups in total. The average Bonchev–Trinajstić information content (AvgIpc) is 2.85. The lowest BCUT2D eigenvalue weighted by Gasteiger charge is -2.60. The van der Waals surface area contributed by atoms with E-state index < -0.39 is 10.7 Å². The normalized spacial score (nSPS) is 49.5. The molecule has 6 atom stereocenters. The molecule has 0 aliphatic heterocycles. The van der Waals surface area contributed by atoms with Crippen LogP contribution in [0.4, 0.5) is 0 Å². The Hall–Kier alpha value is -0.380. The van der Waals surface area contributed by atoms with Crippen molar-refractivity contribution in [2.75, 3.05) is 0 Å². The molecule has 0 bridgehead atoms. The van der Waals surface area contributed by atoms with Gasteiger partial charge in [-0.2, -0.15) is 0 Å². The first-order chi connectivity index (χ1) is 10.8. The van der Waals surface area contributed by atoms with Crippen LogP contribution in [-0.2, 0) is 4.79 Å². The van der Waals surface area contributed by atoms with Crippen molar-refractivity contribution in [2.45, 2.75) is 63.5 Å². The van der Waals surface area contributed by atoms with E-state index in [1.165, 1.54) is 32.1 Å². The average molecular weight is 339 g/mol. The van der Waals surface area contributed by atoms with E-state index in [9.17, 15) is 15.0 Å². The summed E-state index contributed by atoms with van der Waals surface area (Å²) in [7, 11) is 0. The van der Waals surface area contributed by atoms with Gasteiger partial charge >= 0.3 is 0 Å². The van der Waals surface area contributed by atoms with Gasteiger partial charge in [0.25, 0.3) is 5.25 Å². The van der Waals surface area contributed by atoms with Crippen molar-refractivity contribution in [1.29, 1.82) is 0 Å². The Bertz CT molecular complexity index is 551. The van der Waals surface area contributed by atoms with Crippen LogP contribution in [0.2, 0.25) is 0 Å². The Balaban J connectivity index is 1.72. The fourth-order valence-electron chi connectivity index (χ4n) is 6.83. The predicted molar refractivity (Wildman–Crippen MR) is 88.6 cm³/mol. The summed E-state index contributed by atoms with van der Waals surface area (Å²) in [5, 5.41) is 18.0. The first-order valence-corrected chi connectivity index (χ1v) is 9.55. The predicted octanol–water partition coefficient (Wildman–Crippen LogP) is 3.62. The second kappa shape index (κ2) is 5.06. The van der Waals surface area contributed by atoms with Gasteiger partial charge in [0.15, 0.2) is 5.78 Å². The molecule has 0 spiro atoms. The monoisotopic (exact) mass is 338 g/mol. The summed E-state index contributed by atoms with van der Waals surface area (Å²) in [4.78, 5) is 12.5. The Kier molecular flexibility index (Phi) is 3.54. The molecule has 23 heavy (non-hydrogen) atoms. The van der Waals surface area contributed by atoms with Crippen LogP contribution in [0.25, 0.3) is 0 Å². The van der Waals surface area contributed by atoms with Crippen molar-refractivity contribution in [1.82, 2.24) is 0 Å². The summed E-state index contributed by atoms with van der Waals surface area (Å²) in [6, 6.07) is 0. The minimum Gasteiger partial charge on any atom is -0.353 e. The third-order valence-electron chi connectivity index (χ3n) is 8.01. The molecule has 4 aliphatic rings. The van der Waals surface area contributed by atoms with Gasteiger partial charge in [-0.05, 0) is 73.7 Å². The highest BCUT2D eigenvalue weighted by Gasteiger charge is 2.66. The molecule has 3 saturated carbocycles. The third-order valence-corrected chi connectivity index (χ3v) is 8.34. The number of aliphatic hydroxyl groups is 2. The lowest BCUT2D eigenvalue weighted by atomic mass is 9.45. The number of fused-ring (bicyclic) bond motifs is 5. The van der Waals surface area contributed by atoms with E-state index in [0.29, 0.717) is 23.7 Å². The minimum absolute atomic E-state index is 0.124. The molecule has 128 valence electrons. The molecule has 0 heterocycles. The molecule has 0 aromatic carbocycles. The third kappa shape index (κ3) is 1.99. The van der Waals surface area contributed by atoms with E-state index in [1.807, 2.05) is 6.08 Å². The van der Waals surface area contributed by atoms with Crippen LogP contribution in [-0.4, -0.2) is 21.2 Å². The van der Waals surface area contributed by atoms with Crippen LogP contribution >= 0.6 is 11.6 Å². The number of carbonyl (C=O) groups excluding carboxylic acids is 1. The number of allylic oxidation sites excluding steroid dienone is 2. The van der Waals surface area contributed by atoms with Crippen molar-refractivity contribution in [2.24, 2.45) is 34.5 Å². The van der Waals surface area contributed by atoms with Crippen molar-refractivity contribution in [3.05, 3.63) is 12.2 Å². The lowest BCUT2D eigenvalue weighted by Crippen LogP contribution is -2.60. The summed E-state index contributed by atoms with van der Waals surface area (Å²) >= 11 is 5.95. The van der Waals surface area contributed by atoms with Gasteiger partial charge in [0.05, 0.1) is 0 Å². The molecule has 0 radical (unpaired) electrons. The van der Waals surface area contributed by atoms with Crippen LogP contribution in [0.1, 0.15) is 58.3 Å². The zero-order valence-electron chi connectivity index (χ0n) is 13.8. The Morgan fingerprint density at radius 3 is 2.70 bits per heavy atom. The largest absolute Gasteiger partial charge is 0.353 e. The number of hydrogen-bond donors (Lipinski definition) is 2. The highest BCUT2D eigenvalue weighted by atomic mass is 35.5. The van der Waals surface area contributed by atoms with Crippen LogP contribution in [0.5, 0.6) is 0 Å². The van der Waals surface area contributed by atoms with Gasteiger partial charge in [-0.25, -0.2) is 0 Å². The molecule has 4 heteroatoms. The van der Waals surface area contributed by atoms with Gasteiger partial charge in [0.1, 0.15) is 5.41 Å². The molecule has 0 aromatic heterocycles.